The van der Waals surface area contributed by atoms with Crippen LogP contribution in [0.15, 0.2) is 24.3 Å². The number of carbonyl (C=O) groups is 1. The first-order valence-corrected chi connectivity index (χ1v) is 5.32. The molecule has 1 aliphatic rings. The normalized spacial score (nSPS) is 21.2. The molecule has 0 radical (unpaired) electrons. The summed E-state index contributed by atoms with van der Waals surface area (Å²) in [5, 5.41) is 12.4. The van der Waals surface area contributed by atoms with Gasteiger partial charge in [-0.25, -0.2) is 4.79 Å². The van der Waals surface area contributed by atoms with Crippen molar-refractivity contribution in [1.82, 2.24) is 5.32 Å². The Morgan fingerprint density at radius 2 is 2.20 bits per heavy atom. The zero-order chi connectivity index (χ0) is 10.7. The standard InChI is InChI=1S/C12H15NO2/c14-12(15)11-6-2-1-5-10(11)9-4-3-7-13-8-9/h1-2,5-6,9,13H,3-4,7-8H2,(H,14,15). The molecule has 1 aromatic rings. The van der Waals surface area contributed by atoms with E-state index in [1.54, 1.807) is 12.1 Å². The average Bonchev–Trinajstić information content (AvgIpc) is 2.30. The van der Waals surface area contributed by atoms with E-state index in [9.17, 15) is 4.79 Å². The lowest BCUT2D eigenvalue weighted by atomic mass is 9.88. The molecule has 3 nitrogen and oxygen atoms in total. The molecule has 0 saturated carbocycles. The van der Waals surface area contributed by atoms with E-state index in [2.05, 4.69) is 5.32 Å². The largest absolute Gasteiger partial charge is 0.478 e. The van der Waals surface area contributed by atoms with Crippen LogP contribution >= 0.6 is 0 Å². The molecule has 1 heterocycles. The van der Waals surface area contributed by atoms with Crippen molar-refractivity contribution >= 4 is 5.97 Å². The number of benzene rings is 1. The number of hydrogen-bond acceptors (Lipinski definition) is 2. The van der Waals surface area contributed by atoms with Crippen molar-refractivity contribution in [2.45, 2.75) is 18.8 Å². The molecule has 2 rings (SSSR count). The lowest BCUT2D eigenvalue weighted by molar-refractivity contribution is 0.0695. The molecule has 0 spiro atoms. The van der Waals surface area contributed by atoms with Gasteiger partial charge in [0, 0.05) is 6.54 Å². The van der Waals surface area contributed by atoms with Gasteiger partial charge in [0.1, 0.15) is 0 Å². The number of rotatable bonds is 2. The van der Waals surface area contributed by atoms with Gasteiger partial charge in [0.25, 0.3) is 0 Å². The Morgan fingerprint density at radius 1 is 1.40 bits per heavy atom. The van der Waals surface area contributed by atoms with Crippen LogP contribution in [0.1, 0.15) is 34.7 Å². The third kappa shape index (κ3) is 2.18. The van der Waals surface area contributed by atoms with Gasteiger partial charge in [-0.1, -0.05) is 18.2 Å². The Hall–Kier alpha value is -1.35. The maximum Gasteiger partial charge on any atom is 0.335 e. The minimum absolute atomic E-state index is 0.353. The minimum Gasteiger partial charge on any atom is -0.478 e. The van der Waals surface area contributed by atoms with Crippen molar-refractivity contribution in [2.75, 3.05) is 13.1 Å². The van der Waals surface area contributed by atoms with Crippen molar-refractivity contribution in [2.24, 2.45) is 0 Å². The SMILES string of the molecule is O=C(O)c1ccccc1C1CCCNC1. The van der Waals surface area contributed by atoms with Crippen LogP contribution in [-0.2, 0) is 0 Å². The lowest BCUT2D eigenvalue weighted by Gasteiger charge is -2.24. The summed E-state index contributed by atoms with van der Waals surface area (Å²) in [4.78, 5) is 11.0. The summed E-state index contributed by atoms with van der Waals surface area (Å²) in [5.41, 5.74) is 1.42. The third-order valence-electron chi connectivity index (χ3n) is 2.93. The van der Waals surface area contributed by atoms with Crippen LogP contribution in [0.3, 0.4) is 0 Å². The van der Waals surface area contributed by atoms with Crippen LogP contribution in [-0.4, -0.2) is 24.2 Å². The topological polar surface area (TPSA) is 49.3 Å². The molecular weight excluding hydrogens is 190 g/mol. The molecule has 80 valence electrons. The van der Waals surface area contributed by atoms with Crippen LogP contribution in [0, 0.1) is 0 Å². The zero-order valence-electron chi connectivity index (χ0n) is 8.57. The van der Waals surface area contributed by atoms with Crippen molar-refractivity contribution < 1.29 is 9.90 Å². The monoisotopic (exact) mass is 205 g/mol. The van der Waals surface area contributed by atoms with E-state index in [-0.39, 0.29) is 0 Å². The van der Waals surface area contributed by atoms with Gasteiger partial charge in [-0.3, -0.25) is 0 Å². The Labute approximate surface area is 89.1 Å². The van der Waals surface area contributed by atoms with E-state index in [4.69, 9.17) is 5.11 Å². The van der Waals surface area contributed by atoms with Gasteiger partial charge in [-0.2, -0.15) is 0 Å². The van der Waals surface area contributed by atoms with Gasteiger partial charge in [-0.05, 0) is 36.9 Å². The first kappa shape index (κ1) is 10.2. The van der Waals surface area contributed by atoms with Crippen molar-refractivity contribution in [3.05, 3.63) is 35.4 Å². The lowest BCUT2D eigenvalue weighted by Crippen LogP contribution is -2.29. The Kier molecular flexibility index (Phi) is 3.02. The average molecular weight is 205 g/mol. The fraction of sp³-hybridized carbons (Fsp3) is 0.417. The highest BCUT2D eigenvalue weighted by Crippen LogP contribution is 2.26. The van der Waals surface area contributed by atoms with Gasteiger partial charge in [0.2, 0.25) is 0 Å². The second-order valence-electron chi connectivity index (χ2n) is 3.94. The Balaban J connectivity index is 2.29. The van der Waals surface area contributed by atoms with E-state index in [0.29, 0.717) is 11.5 Å². The van der Waals surface area contributed by atoms with Gasteiger partial charge >= 0.3 is 5.97 Å². The molecule has 0 aliphatic carbocycles. The molecule has 15 heavy (non-hydrogen) atoms. The van der Waals surface area contributed by atoms with E-state index < -0.39 is 5.97 Å². The van der Waals surface area contributed by atoms with E-state index in [1.165, 1.54) is 0 Å². The molecule has 2 N–H and O–H groups in total. The number of hydrogen-bond donors (Lipinski definition) is 2. The maximum absolute atomic E-state index is 11.0. The predicted octanol–water partition coefficient (Wildman–Crippen LogP) is 1.85. The molecule has 0 bridgehead atoms. The molecule has 3 heteroatoms. The maximum atomic E-state index is 11.0. The number of nitrogens with one attached hydrogen (secondary N) is 1. The summed E-state index contributed by atoms with van der Waals surface area (Å²) in [5.74, 6) is -0.470. The molecule has 1 fully saturated rings. The smallest absolute Gasteiger partial charge is 0.335 e. The van der Waals surface area contributed by atoms with Crippen molar-refractivity contribution in [3.63, 3.8) is 0 Å². The van der Waals surface area contributed by atoms with E-state index in [0.717, 1.165) is 31.5 Å². The summed E-state index contributed by atoms with van der Waals surface area (Å²) in [6.45, 7) is 1.94. The van der Waals surface area contributed by atoms with Gasteiger partial charge in [0.15, 0.2) is 0 Å². The summed E-state index contributed by atoms with van der Waals surface area (Å²) < 4.78 is 0. The molecule has 1 aliphatic heterocycles. The highest BCUT2D eigenvalue weighted by Gasteiger charge is 2.20. The molecule has 1 saturated heterocycles. The second-order valence-corrected chi connectivity index (χ2v) is 3.94. The van der Waals surface area contributed by atoms with E-state index >= 15 is 0 Å². The first-order valence-electron chi connectivity index (χ1n) is 5.32. The van der Waals surface area contributed by atoms with E-state index in [1.807, 2.05) is 12.1 Å². The van der Waals surface area contributed by atoms with Crippen LogP contribution in [0.2, 0.25) is 0 Å². The molecule has 1 aromatic carbocycles. The summed E-state index contributed by atoms with van der Waals surface area (Å²) in [6.07, 6.45) is 2.20. The number of piperidine rings is 1. The molecule has 0 amide bonds. The number of carboxylic acid groups (broad SMARTS) is 1. The fourth-order valence-corrected chi connectivity index (χ4v) is 2.17. The minimum atomic E-state index is -0.823. The number of carboxylic acids is 1. The summed E-state index contributed by atoms with van der Waals surface area (Å²) in [6, 6.07) is 7.31. The highest BCUT2D eigenvalue weighted by molar-refractivity contribution is 5.89. The molecule has 1 atom stereocenters. The zero-order valence-corrected chi connectivity index (χ0v) is 8.57. The summed E-state index contributed by atoms with van der Waals surface area (Å²) >= 11 is 0. The Bertz CT molecular complexity index is 356. The second kappa shape index (κ2) is 4.45. The van der Waals surface area contributed by atoms with Gasteiger partial charge in [0.05, 0.1) is 5.56 Å². The first-order chi connectivity index (χ1) is 7.29. The molecule has 0 aromatic heterocycles. The van der Waals surface area contributed by atoms with Crippen LogP contribution in [0.25, 0.3) is 0 Å². The van der Waals surface area contributed by atoms with Crippen molar-refractivity contribution in [1.29, 1.82) is 0 Å². The Morgan fingerprint density at radius 3 is 2.87 bits per heavy atom. The quantitative estimate of drug-likeness (QED) is 0.774. The van der Waals surface area contributed by atoms with Crippen LogP contribution in [0.4, 0.5) is 0 Å². The summed E-state index contributed by atoms with van der Waals surface area (Å²) in [7, 11) is 0. The molecular formula is C12H15NO2. The van der Waals surface area contributed by atoms with Gasteiger partial charge in [-0.15, -0.1) is 0 Å². The van der Waals surface area contributed by atoms with Crippen LogP contribution in [0.5, 0.6) is 0 Å². The highest BCUT2D eigenvalue weighted by atomic mass is 16.4. The number of aromatic carboxylic acids is 1. The third-order valence-corrected chi connectivity index (χ3v) is 2.93. The van der Waals surface area contributed by atoms with Gasteiger partial charge < -0.3 is 10.4 Å². The molecule has 1 unspecified atom stereocenters. The van der Waals surface area contributed by atoms with Crippen LogP contribution < -0.4 is 5.32 Å². The van der Waals surface area contributed by atoms with Crippen molar-refractivity contribution in [3.8, 4) is 0 Å². The fourth-order valence-electron chi connectivity index (χ4n) is 2.17. The predicted molar refractivity (Wildman–Crippen MR) is 58.2 cm³/mol.